The smallest absolute Gasteiger partial charge is 0.256 e. The molecule has 0 radical (unpaired) electrons. The summed E-state index contributed by atoms with van der Waals surface area (Å²) in [5.74, 6) is -0.150. The number of aryl methyl sites for hydroxylation is 2. The first-order chi connectivity index (χ1) is 13.9. The van der Waals surface area contributed by atoms with E-state index >= 15 is 0 Å². The molecule has 0 fully saturated rings. The van der Waals surface area contributed by atoms with Crippen LogP contribution in [0.1, 0.15) is 21.5 Å². The average molecular weight is 510 g/mol. The second-order valence-corrected chi connectivity index (χ2v) is 8.83. The average Bonchev–Trinajstić information content (AvgIpc) is 2.69. The van der Waals surface area contributed by atoms with E-state index in [9.17, 15) is 4.79 Å². The van der Waals surface area contributed by atoms with Crippen LogP contribution in [0.3, 0.4) is 0 Å². The van der Waals surface area contributed by atoms with Crippen molar-refractivity contribution in [1.29, 1.82) is 0 Å². The van der Waals surface area contributed by atoms with Gasteiger partial charge in [-0.3, -0.25) is 4.79 Å². The predicted molar refractivity (Wildman–Crippen MR) is 126 cm³/mol. The van der Waals surface area contributed by atoms with Crippen LogP contribution in [0.5, 0.6) is 0 Å². The van der Waals surface area contributed by atoms with E-state index in [0.717, 1.165) is 47.9 Å². The van der Waals surface area contributed by atoms with Gasteiger partial charge in [0, 0.05) is 25.6 Å². The van der Waals surface area contributed by atoms with Crippen LogP contribution >= 0.6 is 31.9 Å². The van der Waals surface area contributed by atoms with Crippen LogP contribution in [0.25, 0.3) is 22.2 Å². The van der Waals surface area contributed by atoms with E-state index in [-0.39, 0.29) is 5.91 Å². The predicted octanol–water partition coefficient (Wildman–Crippen LogP) is 7.30. The molecule has 1 N–H and O–H groups in total. The van der Waals surface area contributed by atoms with E-state index in [1.54, 1.807) is 0 Å². The highest BCUT2D eigenvalue weighted by atomic mass is 79.9. The van der Waals surface area contributed by atoms with Crippen molar-refractivity contribution < 1.29 is 4.79 Å². The van der Waals surface area contributed by atoms with Crippen molar-refractivity contribution in [2.75, 3.05) is 5.32 Å². The molecule has 1 aromatic heterocycles. The molecule has 0 bridgehead atoms. The quantitative estimate of drug-likeness (QED) is 0.315. The number of carbonyl (C=O) groups is 1. The lowest BCUT2D eigenvalue weighted by Crippen LogP contribution is -2.13. The number of rotatable bonds is 3. The number of benzene rings is 3. The number of hydrogen-bond acceptors (Lipinski definition) is 2. The Hall–Kier alpha value is -2.50. The third kappa shape index (κ3) is 4.26. The van der Waals surface area contributed by atoms with Crippen molar-refractivity contribution in [3.05, 3.63) is 92.4 Å². The number of amides is 1. The first kappa shape index (κ1) is 19.8. The Bertz CT molecular complexity index is 1220. The molecular weight excluding hydrogens is 492 g/mol. The molecule has 0 saturated heterocycles. The molecule has 4 aromatic rings. The summed E-state index contributed by atoms with van der Waals surface area (Å²) < 4.78 is 1.97. The third-order valence-electron chi connectivity index (χ3n) is 4.74. The Balaban J connectivity index is 1.86. The molecule has 3 nitrogen and oxygen atoms in total. The second kappa shape index (κ2) is 8.09. The lowest BCUT2D eigenvalue weighted by atomic mass is 9.99. The van der Waals surface area contributed by atoms with Gasteiger partial charge in [-0.2, -0.15) is 0 Å². The molecule has 4 rings (SSSR count). The maximum atomic E-state index is 13.2. The molecule has 0 aliphatic carbocycles. The minimum atomic E-state index is -0.150. The highest BCUT2D eigenvalue weighted by Crippen LogP contribution is 2.29. The summed E-state index contributed by atoms with van der Waals surface area (Å²) in [7, 11) is 0. The zero-order chi connectivity index (χ0) is 20.5. The van der Waals surface area contributed by atoms with Crippen LogP contribution < -0.4 is 5.32 Å². The molecule has 3 aromatic carbocycles. The van der Waals surface area contributed by atoms with Crippen molar-refractivity contribution >= 4 is 54.4 Å². The monoisotopic (exact) mass is 508 g/mol. The SMILES string of the molecule is Cc1cc(C)c2nc(-c3ccc(Br)cc3)cc(C(=O)Nc3ccc(Br)cc3)c2c1. The number of pyridine rings is 1. The summed E-state index contributed by atoms with van der Waals surface area (Å²) >= 11 is 6.89. The molecule has 5 heteroatoms. The number of hydrogen-bond donors (Lipinski definition) is 1. The number of carbonyl (C=O) groups excluding carboxylic acids is 1. The normalized spacial score (nSPS) is 10.9. The zero-order valence-electron chi connectivity index (χ0n) is 16.0. The molecule has 144 valence electrons. The summed E-state index contributed by atoms with van der Waals surface area (Å²) in [4.78, 5) is 18.1. The Morgan fingerprint density at radius 2 is 1.48 bits per heavy atom. The topological polar surface area (TPSA) is 42.0 Å². The summed E-state index contributed by atoms with van der Waals surface area (Å²) in [5.41, 5.74) is 6.10. The number of anilines is 1. The lowest BCUT2D eigenvalue weighted by Gasteiger charge is -2.13. The van der Waals surface area contributed by atoms with E-state index in [2.05, 4.69) is 43.2 Å². The van der Waals surface area contributed by atoms with Crippen molar-refractivity contribution in [3.63, 3.8) is 0 Å². The molecule has 0 aliphatic rings. The van der Waals surface area contributed by atoms with Gasteiger partial charge in [-0.15, -0.1) is 0 Å². The maximum Gasteiger partial charge on any atom is 0.256 e. The number of nitrogens with zero attached hydrogens (tertiary/aromatic N) is 1. The fourth-order valence-electron chi connectivity index (χ4n) is 3.37. The Kier molecular flexibility index (Phi) is 5.52. The van der Waals surface area contributed by atoms with Crippen LogP contribution in [-0.4, -0.2) is 10.9 Å². The van der Waals surface area contributed by atoms with E-state index < -0.39 is 0 Å². The summed E-state index contributed by atoms with van der Waals surface area (Å²) in [5, 5.41) is 3.87. The lowest BCUT2D eigenvalue weighted by molar-refractivity contribution is 0.102. The van der Waals surface area contributed by atoms with Crippen molar-refractivity contribution in [1.82, 2.24) is 4.98 Å². The maximum absolute atomic E-state index is 13.2. The van der Waals surface area contributed by atoms with Gasteiger partial charge in [-0.1, -0.05) is 55.6 Å². The van der Waals surface area contributed by atoms with Crippen LogP contribution in [0, 0.1) is 13.8 Å². The van der Waals surface area contributed by atoms with Gasteiger partial charge >= 0.3 is 0 Å². The Labute approximate surface area is 186 Å². The second-order valence-electron chi connectivity index (χ2n) is 7.00. The number of halogens is 2. The molecule has 29 heavy (non-hydrogen) atoms. The van der Waals surface area contributed by atoms with Gasteiger partial charge < -0.3 is 5.32 Å². The van der Waals surface area contributed by atoms with Gasteiger partial charge in [-0.25, -0.2) is 4.98 Å². The largest absolute Gasteiger partial charge is 0.322 e. The van der Waals surface area contributed by atoms with Crippen LogP contribution in [0.4, 0.5) is 5.69 Å². The van der Waals surface area contributed by atoms with Crippen molar-refractivity contribution in [3.8, 4) is 11.3 Å². The number of nitrogens with one attached hydrogen (secondary N) is 1. The number of fused-ring (bicyclic) bond motifs is 1. The number of aromatic nitrogens is 1. The minimum Gasteiger partial charge on any atom is -0.322 e. The fourth-order valence-corrected chi connectivity index (χ4v) is 3.90. The molecular formula is C24H18Br2N2O. The van der Waals surface area contributed by atoms with E-state index in [1.165, 1.54) is 0 Å². The van der Waals surface area contributed by atoms with Crippen LogP contribution in [-0.2, 0) is 0 Å². The first-order valence-corrected chi connectivity index (χ1v) is 10.7. The molecule has 1 amide bonds. The van der Waals surface area contributed by atoms with E-state index in [4.69, 9.17) is 4.98 Å². The van der Waals surface area contributed by atoms with E-state index in [1.807, 2.05) is 74.5 Å². The van der Waals surface area contributed by atoms with Gasteiger partial charge in [0.1, 0.15) is 0 Å². The van der Waals surface area contributed by atoms with Crippen molar-refractivity contribution in [2.24, 2.45) is 0 Å². The van der Waals surface area contributed by atoms with Gasteiger partial charge in [0.25, 0.3) is 5.91 Å². The van der Waals surface area contributed by atoms with Gasteiger partial charge in [-0.05, 0) is 67.9 Å². The molecule has 1 heterocycles. The van der Waals surface area contributed by atoms with Gasteiger partial charge in [0.15, 0.2) is 0 Å². The summed E-state index contributed by atoms with van der Waals surface area (Å²) in [6.45, 7) is 4.07. The van der Waals surface area contributed by atoms with E-state index in [0.29, 0.717) is 5.56 Å². The molecule has 0 unspecified atom stereocenters. The Morgan fingerprint density at radius 3 is 2.14 bits per heavy atom. The zero-order valence-corrected chi connectivity index (χ0v) is 19.1. The fraction of sp³-hybridized carbons (Fsp3) is 0.0833. The van der Waals surface area contributed by atoms with Gasteiger partial charge in [0.05, 0.1) is 16.8 Å². The molecule has 0 aliphatic heterocycles. The molecule has 0 atom stereocenters. The Morgan fingerprint density at radius 1 is 0.862 bits per heavy atom. The minimum absolute atomic E-state index is 0.150. The molecule has 0 saturated carbocycles. The van der Waals surface area contributed by atoms with Crippen molar-refractivity contribution in [2.45, 2.75) is 13.8 Å². The highest BCUT2D eigenvalue weighted by Gasteiger charge is 2.16. The standard InChI is InChI=1S/C24H18Br2N2O/c1-14-11-15(2)23-20(12-14)21(24(29)27-19-9-7-18(26)8-10-19)13-22(28-23)16-3-5-17(25)6-4-16/h3-13H,1-2H3,(H,27,29). The summed E-state index contributed by atoms with van der Waals surface area (Å²) in [6.07, 6.45) is 0. The van der Waals surface area contributed by atoms with Crippen LogP contribution in [0.15, 0.2) is 75.7 Å². The highest BCUT2D eigenvalue weighted by molar-refractivity contribution is 9.10. The first-order valence-electron chi connectivity index (χ1n) is 9.15. The summed E-state index contributed by atoms with van der Waals surface area (Å²) in [6, 6.07) is 21.5. The van der Waals surface area contributed by atoms with Gasteiger partial charge in [0.2, 0.25) is 0 Å². The van der Waals surface area contributed by atoms with Crippen LogP contribution in [0.2, 0.25) is 0 Å². The third-order valence-corrected chi connectivity index (χ3v) is 5.79. The molecule has 0 spiro atoms.